The Labute approximate surface area is 133 Å². The summed E-state index contributed by atoms with van der Waals surface area (Å²) in [6.07, 6.45) is 7.79. The van der Waals surface area contributed by atoms with Gasteiger partial charge in [0.1, 0.15) is 5.75 Å². The first-order chi connectivity index (χ1) is 10.5. The Morgan fingerprint density at radius 1 is 1.18 bits per heavy atom. The maximum atomic E-state index is 10.8. The number of ether oxygens (including phenoxy) is 1. The topological polar surface area (TPSA) is 29.5 Å². The molecule has 0 unspecified atom stereocenters. The molecule has 2 heteroatoms. The van der Waals surface area contributed by atoms with Gasteiger partial charge in [-0.25, -0.2) is 0 Å². The first-order valence-corrected chi connectivity index (χ1v) is 8.56. The van der Waals surface area contributed by atoms with Crippen LogP contribution in [-0.4, -0.2) is 17.8 Å². The average molecular weight is 298 g/mol. The van der Waals surface area contributed by atoms with Crippen LogP contribution in [0.5, 0.6) is 5.75 Å². The van der Waals surface area contributed by atoms with Crippen molar-refractivity contribution in [2.24, 2.45) is 11.3 Å². The molecule has 1 N–H and O–H groups in total. The quantitative estimate of drug-likeness (QED) is 0.787. The maximum Gasteiger partial charge on any atom is 0.119 e. The van der Waals surface area contributed by atoms with Crippen molar-refractivity contribution >= 4 is 0 Å². The lowest BCUT2D eigenvalue weighted by atomic mass is 9.55. The number of methoxy groups -OCH3 is 1. The number of hydrogen-bond donors (Lipinski definition) is 1. The Hall–Kier alpha value is -1.28. The van der Waals surface area contributed by atoms with Gasteiger partial charge in [0.2, 0.25) is 0 Å². The fourth-order valence-corrected chi connectivity index (χ4v) is 5.23. The first kappa shape index (κ1) is 14.3. The number of benzene rings is 1. The summed E-state index contributed by atoms with van der Waals surface area (Å²) in [7, 11) is 1.74. The third-order valence-corrected chi connectivity index (χ3v) is 6.86. The third kappa shape index (κ3) is 1.76. The summed E-state index contributed by atoms with van der Waals surface area (Å²) in [5, 5.41) is 10.8. The van der Waals surface area contributed by atoms with Crippen molar-refractivity contribution < 1.29 is 9.84 Å². The molecule has 1 aromatic carbocycles. The smallest absolute Gasteiger partial charge is 0.119 e. The molecule has 1 aromatic rings. The summed E-state index contributed by atoms with van der Waals surface area (Å²) in [4.78, 5) is 0. The molecule has 22 heavy (non-hydrogen) atoms. The van der Waals surface area contributed by atoms with Crippen LogP contribution in [0.1, 0.15) is 56.6 Å². The molecule has 2 nitrogen and oxygen atoms in total. The van der Waals surface area contributed by atoms with Crippen molar-refractivity contribution in [1.29, 1.82) is 0 Å². The predicted octanol–water partition coefficient (Wildman–Crippen LogP) is 4.22. The van der Waals surface area contributed by atoms with E-state index < -0.39 is 5.60 Å². The third-order valence-electron chi connectivity index (χ3n) is 6.86. The van der Waals surface area contributed by atoms with Crippen LogP contribution in [0.4, 0.5) is 0 Å². The Morgan fingerprint density at radius 2 is 2.00 bits per heavy atom. The summed E-state index contributed by atoms with van der Waals surface area (Å²) in [6, 6.07) is 6.61. The molecule has 4 rings (SSSR count). The van der Waals surface area contributed by atoms with Gasteiger partial charge in [-0.1, -0.05) is 24.6 Å². The highest BCUT2D eigenvalue weighted by Gasteiger charge is 2.55. The Morgan fingerprint density at radius 3 is 2.77 bits per heavy atom. The maximum absolute atomic E-state index is 10.8. The minimum Gasteiger partial charge on any atom is -0.497 e. The molecule has 0 spiro atoms. The number of aliphatic hydroxyl groups is 1. The van der Waals surface area contributed by atoms with E-state index in [4.69, 9.17) is 4.74 Å². The van der Waals surface area contributed by atoms with Gasteiger partial charge in [-0.2, -0.15) is 0 Å². The predicted molar refractivity (Wildman–Crippen MR) is 88.2 cm³/mol. The van der Waals surface area contributed by atoms with E-state index in [1.165, 1.54) is 29.5 Å². The second kappa shape index (κ2) is 4.61. The van der Waals surface area contributed by atoms with Crippen LogP contribution in [-0.2, 0) is 6.42 Å². The van der Waals surface area contributed by atoms with E-state index in [1.807, 2.05) is 6.92 Å². The Bertz CT molecular complexity index is 643. The molecule has 118 valence electrons. The molecular formula is C20H26O2. The van der Waals surface area contributed by atoms with Crippen LogP contribution in [0.3, 0.4) is 0 Å². The molecule has 1 saturated carbocycles. The molecular weight excluding hydrogens is 272 g/mol. The van der Waals surface area contributed by atoms with Crippen LogP contribution in [0, 0.1) is 11.3 Å². The van der Waals surface area contributed by atoms with Crippen molar-refractivity contribution in [3.05, 3.63) is 41.0 Å². The molecule has 4 atom stereocenters. The van der Waals surface area contributed by atoms with Crippen molar-refractivity contribution in [3.63, 3.8) is 0 Å². The van der Waals surface area contributed by atoms with Gasteiger partial charge in [0.25, 0.3) is 0 Å². The largest absolute Gasteiger partial charge is 0.497 e. The highest BCUT2D eigenvalue weighted by Crippen LogP contribution is 2.61. The Kier molecular flexibility index (Phi) is 3.00. The van der Waals surface area contributed by atoms with Crippen LogP contribution in [0.15, 0.2) is 29.8 Å². The summed E-state index contributed by atoms with van der Waals surface area (Å²) in [5.74, 6) is 2.22. The number of fused-ring (bicyclic) bond motifs is 5. The normalized spacial score (nSPS) is 39.5. The van der Waals surface area contributed by atoms with Crippen molar-refractivity contribution in [3.8, 4) is 5.75 Å². The van der Waals surface area contributed by atoms with Gasteiger partial charge in [-0.3, -0.25) is 0 Å². The van der Waals surface area contributed by atoms with Gasteiger partial charge in [-0.05, 0) is 74.1 Å². The summed E-state index contributed by atoms with van der Waals surface area (Å²) >= 11 is 0. The van der Waals surface area contributed by atoms with Crippen molar-refractivity contribution in [2.45, 2.75) is 57.5 Å². The fraction of sp³-hybridized carbons (Fsp3) is 0.600. The van der Waals surface area contributed by atoms with E-state index in [9.17, 15) is 5.11 Å². The summed E-state index contributed by atoms with van der Waals surface area (Å²) in [6.45, 7) is 4.31. The molecule has 0 aliphatic heterocycles. The van der Waals surface area contributed by atoms with Gasteiger partial charge < -0.3 is 9.84 Å². The molecule has 0 amide bonds. The minimum absolute atomic E-state index is 0.0157. The van der Waals surface area contributed by atoms with Gasteiger partial charge >= 0.3 is 0 Å². The SMILES string of the molecule is COc1ccc2c(c1)CC[C@H]1C3=CC[C@](C)(O)[C@@]3(C)CC[C@H]21. The zero-order valence-electron chi connectivity index (χ0n) is 13.9. The standard InChI is InChI=1S/C20H26O2/c1-19-10-8-16-15-7-5-14(22-3)12-13(15)4-6-17(16)18(19)9-11-20(19,2)21/h5,7,9,12,16-17,21H,4,6,8,10-11H2,1-3H3/t16-,17-,19+,20+/m1/s1. The molecule has 0 radical (unpaired) electrons. The highest BCUT2D eigenvalue weighted by atomic mass is 16.5. The van der Waals surface area contributed by atoms with E-state index in [0.717, 1.165) is 25.0 Å². The Balaban J connectivity index is 1.72. The van der Waals surface area contributed by atoms with Crippen molar-refractivity contribution in [2.75, 3.05) is 7.11 Å². The van der Waals surface area contributed by atoms with E-state index in [0.29, 0.717) is 11.8 Å². The van der Waals surface area contributed by atoms with Gasteiger partial charge in [0.05, 0.1) is 12.7 Å². The molecule has 0 heterocycles. The summed E-state index contributed by atoms with van der Waals surface area (Å²) < 4.78 is 5.38. The fourth-order valence-electron chi connectivity index (χ4n) is 5.23. The van der Waals surface area contributed by atoms with E-state index >= 15 is 0 Å². The first-order valence-electron chi connectivity index (χ1n) is 8.56. The van der Waals surface area contributed by atoms with Gasteiger partial charge in [0.15, 0.2) is 0 Å². The van der Waals surface area contributed by atoms with Gasteiger partial charge in [0, 0.05) is 5.41 Å². The van der Waals surface area contributed by atoms with Crippen molar-refractivity contribution in [1.82, 2.24) is 0 Å². The number of rotatable bonds is 1. The lowest BCUT2D eigenvalue weighted by Crippen LogP contribution is -2.46. The van der Waals surface area contributed by atoms with E-state index in [2.05, 4.69) is 31.2 Å². The second-order valence-corrected chi connectivity index (χ2v) is 7.82. The second-order valence-electron chi connectivity index (χ2n) is 7.82. The van der Waals surface area contributed by atoms with Crippen LogP contribution in [0.2, 0.25) is 0 Å². The molecule has 0 bridgehead atoms. The molecule has 1 fully saturated rings. The number of aryl methyl sites for hydroxylation is 1. The van der Waals surface area contributed by atoms with E-state index in [1.54, 1.807) is 7.11 Å². The van der Waals surface area contributed by atoms with Crippen LogP contribution >= 0.6 is 0 Å². The number of hydrogen-bond acceptors (Lipinski definition) is 2. The zero-order valence-corrected chi connectivity index (χ0v) is 13.9. The molecule has 0 aromatic heterocycles. The lowest BCUT2D eigenvalue weighted by molar-refractivity contribution is -0.0451. The average Bonchev–Trinajstić information content (AvgIpc) is 2.76. The van der Waals surface area contributed by atoms with E-state index in [-0.39, 0.29) is 5.41 Å². The minimum atomic E-state index is -0.562. The molecule has 3 aliphatic carbocycles. The molecule has 3 aliphatic rings. The van der Waals surface area contributed by atoms with Crippen LogP contribution < -0.4 is 4.74 Å². The lowest BCUT2D eigenvalue weighted by Gasteiger charge is -2.50. The molecule has 0 saturated heterocycles. The van der Waals surface area contributed by atoms with Crippen LogP contribution in [0.25, 0.3) is 0 Å². The monoisotopic (exact) mass is 298 g/mol. The van der Waals surface area contributed by atoms with Gasteiger partial charge in [-0.15, -0.1) is 0 Å². The highest BCUT2D eigenvalue weighted by molar-refractivity contribution is 5.44. The zero-order chi connectivity index (χ0) is 15.5. The summed E-state index contributed by atoms with van der Waals surface area (Å²) in [5.41, 5.74) is 3.95.